The van der Waals surface area contributed by atoms with Crippen molar-refractivity contribution in [3.63, 3.8) is 0 Å². The van der Waals surface area contributed by atoms with Crippen molar-refractivity contribution >= 4 is 22.4 Å². The average molecular weight is 202 g/mol. The molecular formula is C11H10N2O2. The highest BCUT2D eigenvalue weighted by molar-refractivity contribution is 5.98. The van der Waals surface area contributed by atoms with Gasteiger partial charge in [0.25, 0.3) is 0 Å². The number of nitrogens with two attached hydrogens (primary N) is 1. The van der Waals surface area contributed by atoms with Gasteiger partial charge in [0, 0.05) is 17.0 Å². The number of nitrogen functional groups attached to an aromatic ring is 1. The second kappa shape index (κ2) is 3.57. The molecule has 0 spiro atoms. The molecule has 0 aliphatic rings. The van der Waals surface area contributed by atoms with Gasteiger partial charge in [0.15, 0.2) is 0 Å². The van der Waals surface area contributed by atoms with E-state index in [9.17, 15) is 4.79 Å². The normalized spacial score (nSPS) is 10.2. The van der Waals surface area contributed by atoms with E-state index in [0.717, 1.165) is 10.8 Å². The molecule has 0 radical (unpaired) electrons. The molecular weight excluding hydrogens is 192 g/mol. The SMILES string of the molecule is COC(=O)c1ccc2c(N)cncc2c1. The van der Waals surface area contributed by atoms with Crippen LogP contribution in [0.5, 0.6) is 0 Å². The molecule has 2 N–H and O–H groups in total. The maximum atomic E-state index is 11.3. The van der Waals surface area contributed by atoms with Crippen molar-refractivity contribution in [2.45, 2.75) is 0 Å². The van der Waals surface area contributed by atoms with Crippen molar-refractivity contribution in [3.8, 4) is 0 Å². The summed E-state index contributed by atoms with van der Waals surface area (Å²) in [5.41, 5.74) is 6.83. The van der Waals surface area contributed by atoms with Gasteiger partial charge in [-0.15, -0.1) is 0 Å². The summed E-state index contributed by atoms with van der Waals surface area (Å²) in [5, 5.41) is 1.72. The van der Waals surface area contributed by atoms with Crippen molar-refractivity contribution < 1.29 is 9.53 Å². The number of rotatable bonds is 1. The predicted octanol–water partition coefficient (Wildman–Crippen LogP) is 1.60. The van der Waals surface area contributed by atoms with Gasteiger partial charge in [-0.2, -0.15) is 0 Å². The summed E-state index contributed by atoms with van der Waals surface area (Å²) in [6, 6.07) is 5.19. The van der Waals surface area contributed by atoms with Crippen LogP contribution >= 0.6 is 0 Å². The molecule has 2 aromatic rings. The van der Waals surface area contributed by atoms with Gasteiger partial charge in [0.05, 0.1) is 24.6 Å². The summed E-state index contributed by atoms with van der Waals surface area (Å²) in [6.07, 6.45) is 3.25. The maximum Gasteiger partial charge on any atom is 0.337 e. The minimum atomic E-state index is -0.362. The van der Waals surface area contributed by atoms with E-state index in [1.165, 1.54) is 7.11 Å². The fourth-order valence-corrected chi connectivity index (χ4v) is 1.44. The lowest BCUT2D eigenvalue weighted by Crippen LogP contribution is -2.01. The Bertz CT molecular complexity index is 523. The third kappa shape index (κ3) is 1.61. The van der Waals surface area contributed by atoms with E-state index in [1.54, 1.807) is 30.6 Å². The second-order valence-corrected chi connectivity index (χ2v) is 3.16. The third-order valence-corrected chi connectivity index (χ3v) is 2.21. The van der Waals surface area contributed by atoms with Crippen molar-refractivity contribution in [2.75, 3.05) is 12.8 Å². The first-order valence-corrected chi connectivity index (χ1v) is 4.44. The van der Waals surface area contributed by atoms with Crippen LogP contribution in [-0.4, -0.2) is 18.1 Å². The van der Waals surface area contributed by atoms with Crippen molar-refractivity contribution in [1.82, 2.24) is 4.98 Å². The van der Waals surface area contributed by atoms with E-state index in [2.05, 4.69) is 9.72 Å². The van der Waals surface area contributed by atoms with Crippen molar-refractivity contribution in [3.05, 3.63) is 36.2 Å². The van der Waals surface area contributed by atoms with Crippen LogP contribution in [0.25, 0.3) is 10.8 Å². The van der Waals surface area contributed by atoms with Gasteiger partial charge >= 0.3 is 5.97 Å². The molecule has 0 aliphatic heterocycles. The van der Waals surface area contributed by atoms with Crippen LogP contribution in [-0.2, 0) is 4.74 Å². The summed E-state index contributed by atoms with van der Waals surface area (Å²) in [4.78, 5) is 15.2. The van der Waals surface area contributed by atoms with Crippen LogP contribution < -0.4 is 5.73 Å². The van der Waals surface area contributed by atoms with Gasteiger partial charge in [0.2, 0.25) is 0 Å². The predicted molar refractivity (Wildman–Crippen MR) is 57.5 cm³/mol. The maximum absolute atomic E-state index is 11.3. The number of fused-ring (bicyclic) bond motifs is 1. The van der Waals surface area contributed by atoms with Gasteiger partial charge in [-0.3, -0.25) is 4.98 Å². The molecule has 1 heterocycles. The quantitative estimate of drug-likeness (QED) is 0.713. The highest BCUT2D eigenvalue weighted by Gasteiger charge is 2.06. The number of hydrogen-bond acceptors (Lipinski definition) is 4. The molecule has 2 rings (SSSR count). The molecule has 0 amide bonds. The molecule has 0 atom stereocenters. The minimum absolute atomic E-state index is 0.362. The van der Waals surface area contributed by atoms with Crippen molar-refractivity contribution in [1.29, 1.82) is 0 Å². The fraction of sp³-hybridized carbons (Fsp3) is 0.0909. The largest absolute Gasteiger partial charge is 0.465 e. The Kier molecular flexibility index (Phi) is 2.25. The lowest BCUT2D eigenvalue weighted by atomic mass is 10.1. The Morgan fingerprint density at radius 2 is 2.20 bits per heavy atom. The molecule has 15 heavy (non-hydrogen) atoms. The van der Waals surface area contributed by atoms with Gasteiger partial charge in [-0.25, -0.2) is 4.79 Å². The van der Waals surface area contributed by atoms with E-state index in [0.29, 0.717) is 11.3 Å². The van der Waals surface area contributed by atoms with Crippen LogP contribution in [0.4, 0.5) is 5.69 Å². The topological polar surface area (TPSA) is 65.2 Å². The first-order chi connectivity index (χ1) is 7.22. The summed E-state index contributed by atoms with van der Waals surface area (Å²) in [7, 11) is 1.35. The fourth-order valence-electron chi connectivity index (χ4n) is 1.44. The number of methoxy groups -OCH3 is 1. The number of anilines is 1. The molecule has 0 fully saturated rings. The highest BCUT2D eigenvalue weighted by atomic mass is 16.5. The van der Waals surface area contributed by atoms with Gasteiger partial charge in [-0.1, -0.05) is 6.07 Å². The molecule has 1 aromatic carbocycles. The Morgan fingerprint density at radius 1 is 1.40 bits per heavy atom. The Balaban J connectivity index is 2.62. The van der Waals surface area contributed by atoms with Gasteiger partial charge in [0.1, 0.15) is 0 Å². The summed E-state index contributed by atoms with van der Waals surface area (Å²) in [5.74, 6) is -0.362. The third-order valence-electron chi connectivity index (χ3n) is 2.21. The zero-order valence-corrected chi connectivity index (χ0v) is 8.23. The zero-order valence-electron chi connectivity index (χ0n) is 8.23. The molecule has 1 aromatic heterocycles. The number of carbonyl (C=O) groups is 1. The first-order valence-electron chi connectivity index (χ1n) is 4.44. The Labute approximate surface area is 86.7 Å². The lowest BCUT2D eigenvalue weighted by molar-refractivity contribution is 0.0601. The number of nitrogens with zero attached hydrogens (tertiary/aromatic N) is 1. The highest BCUT2D eigenvalue weighted by Crippen LogP contribution is 2.20. The standard InChI is InChI=1S/C11H10N2O2/c1-15-11(14)7-2-3-9-8(4-7)5-13-6-10(9)12/h2-6H,12H2,1H3. The lowest BCUT2D eigenvalue weighted by Gasteiger charge is -2.03. The molecule has 4 heteroatoms. The summed E-state index contributed by atoms with van der Waals surface area (Å²) in [6.45, 7) is 0. The average Bonchev–Trinajstić information content (AvgIpc) is 2.28. The van der Waals surface area contributed by atoms with Gasteiger partial charge in [-0.05, 0) is 12.1 Å². The number of esters is 1. The number of pyridine rings is 1. The number of benzene rings is 1. The van der Waals surface area contributed by atoms with E-state index < -0.39 is 0 Å². The van der Waals surface area contributed by atoms with E-state index in [4.69, 9.17) is 5.73 Å². The summed E-state index contributed by atoms with van der Waals surface area (Å²) < 4.78 is 4.62. The molecule has 0 bridgehead atoms. The Hall–Kier alpha value is -2.10. The monoisotopic (exact) mass is 202 g/mol. The zero-order chi connectivity index (χ0) is 10.8. The molecule has 0 unspecified atom stereocenters. The van der Waals surface area contributed by atoms with Crippen LogP contribution in [0.15, 0.2) is 30.6 Å². The van der Waals surface area contributed by atoms with Crippen LogP contribution in [0, 0.1) is 0 Å². The number of hydrogen-bond donors (Lipinski definition) is 1. The van der Waals surface area contributed by atoms with Gasteiger partial charge < -0.3 is 10.5 Å². The smallest absolute Gasteiger partial charge is 0.337 e. The van der Waals surface area contributed by atoms with Crippen molar-refractivity contribution in [2.24, 2.45) is 0 Å². The Morgan fingerprint density at radius 3 is 2.93 bits per heavy atom. The van der Waals surface area contributed by atoms with Crippen LogP contribution in [0.1, 0.15) is 10.4 Å². The molecule has 76 valence electrons. The summed E-state index contributed by atoms with van der Waals surface area (Å²) >= 11 is 0. The van der Waals surface area contributed by atoms with E-state index in [1.807, 2.05) is 0 Å². The first kappa shape index (κ1) is 9.45. The minimum Gasteiger partial charge on any atom is -0.465 e. The number of ether oxygens (including phenoxy) is 1. The number of aromatic nitrogens is 1. The van der Waals surface area contributed by atoms with Crippen LogP contribution in [0.2, 0.25) is 0 Å². The second-order valence-electron chi connectivity index (χ2n) is 3.16. The number of carbonyl (C=O) groups excluding carboxylic acids is 1. The van der Waals surface area contributed by atoms with E-state index >= 15 is 0 Å². The molecule has 0 saturated heterocycles. The molecule has 0 saturated carbocycles. The van der Waals surface area contributed by atoms with E-state index in [-0.39, 0.29) is 5.97 Å². The molecule has 4 nitrogen and oxygen atoms in total. The molecule has 0 aliphatic carbocycles. The van der Waals surface area contributed by atoms with Crippen LogP contribution in [0.3, 0.4) is 0 Å².